The van der Waals surface area contributed by atoms with Crippen molar-refractivity contribution < 1.29 is 9.53 Å². The van der Waals surface area contributed by atoms with Gasteiger partial charge in [0.2, 0.25) is 11.9 Å². The topological polar surface area (TPSA) is 59.4 Å². The van der Waals surface area contributed by atoms with Crippen molar-refractivity contribution in [2.24, 2.45) is 13.0 Å². The second-order valence-electron chi connectivity index (χ2n) is 7.12. The number of hydrogen-bond donors (Lipinski definition) is 1. The van der Waals surface area contributed by atoms with Gasteiger partial charge in [0.15, 0.2) is 0 Å². The summed E-state index contributed by atoms with van der Waals surface area (Å²) < 4.78 is 7.72. The fourth-order valence-corrected chi connectivity index (χ4v) is 3.95. The van der Waals surface area contributed by atoms with Crippen LogP contribution in [0.1, 0.15) is 25.7 Å². The summed E-state index contributed by atoms with van der Waals surface area (Å²) in [5.74, 6) is 1.13. The Hall–Kier alpha value is -2.08. The van der Waals surface area contributed by atoms with Crippen LogP contribution in [0, 0.1) is 5.92 Å². The quantitative estimate of drug-likeness (QED) is 0.924. The van der Waals surface area contributed by atoms with Crippen LogP contribution in [0.15, 0.2) is 24.3 Å². The van der Waals surface area contributed by atoms with Crippen LogP contribution >= 0.6 is 0 Å². The number of para-hydroxylation sites is 2. The van der Waals surface area contributed by atoms with Gasteiger partial charge in [0.05, 0.1) is 23.1 Å². The fourth-order valence-electron chi connectivity index (χ4n) is 3.95. The molecule has 2 aliphatic rings. The lowest BCUT2D eigenvalue weighted by molar-refractivity contribution is -0.125. The summed E-state index contributed by atoms with van der Waals surface area (Å²) in [4.78, 5) is 19.6. The number of hydrogen-bond acceptors (Lipinski definition) is 4. The largest absolute Gasteiger partial charge is 0.376 e. The highest BCUT2D eigenvalue weighted by Gasteiger charge is 2.28. The molecule has 6 nitrogen and oxygen atoms in total. The summed E-state index contributed by atoms with van der Waals surface area (Å²) in [6, 6.07) is 8.16. The first kappa shape index (κ1) is 16.4. The molecule has 0 aliphatic carbocycles. The number of nitrogens with one attached hydrogen (secondary N) is 1. The van der Waals surface area contributed by atoms with Gasteiger partial charge in [-0.1, -0.05) is 12.1 Å². The molecule has 1 aromatic heterocycles. The maximum atomic E-state index is 12.6. The van der Waals surface area contributed by atoms with Crippen LogP contribution in [-0.2, 0) is 16.6 Å². The Bertz CT molecular complexity index is 751. The van der Waals surface area contributed by atoms with Gasteiger partial charge in [-0.2, -0.15) is 0 Å². The number of aryl methyl sites for hydroxylation is 1. The van der Waals surface area contributed by atoms with Gasteiger partial charge in [-0.25, -0.2) is 4.98 Å². The summed E-state index contributed by atoms with van der Waals surface area (Å²) >= 11 is 0. The monoisotopic (exact) mass is 342 g/mol. The molecule has 1 amide bonds. The third-order valence-electron chi connectivity index (χ3n) is 5.37. The zero-order valence-corrected chi connectivity index (χ0v) is 14.8. The summed E-state index contributed by atoms with van der Waals surface area (Å²) in [6.07, 6.45) is 4.31. The Labute approximate surface area is 148 Å². The van der Waals surface area contributed by atoms with Crippen LogP contribution in [0.2, 0.25) is 0 Å². The molecule has 0 spiro atoms. The minimum Gasteiger partial charge on any atom is -0.376 e. The molecule has 2 atom stereocenters. The molecular formula is C19H26N4O2. The number of fused-ring (bicyclic) bond motifs is 1. The van der Waals surface area contributed by atoms with Gasteiger partial charge in [0.25, 0.3) is 0 Å². The Morgan fingerprint density at radius 2 is 2.20 bits per heavy atom. The minimum absolute atomic E-state index is 0.0231. The lowest BCUT2D eigenvalue weighted by atomic mass is 9.97. The minimum atomic E-state index is 0.0231. The Kier molecular flexibility index (Phi) is 4.61. The van der Waals surface area contributed by atoms with Crippen LogP contribution < -0.4 is 10.2 Å². The van der Waals surface area contributed by atoms with Crippen molar-refractivity contribution in [2.45, 2.75) is 31.8 Å². The van der Waals surface area contributed by atoms with Crippen molar-refractivity contribution in [3.05, 3.63) is 24.3 Å². The van der Waals surface area contributed by atoms with E-state index in [9.17, 15) is 4.79 Å². The maximum Gasteiger partial charge on any atom is 0.224 e. The average molecular weight is 342 g/mol. The number of piperidine rings is 1. The lowest BCUT2D eigenvalue weighted by Gasteiger charge is -2.32. The highest BCUT2D eigenvalue weighted by atomic mass is 16.5. The van der Waals surface area contributed by atoms with E-state index in [4.69, 9.17) is 9.72 Å². The molecule has 2 aromatic rings. The van der Waals surface area contributed by atoms with E-state index in [2.05, 4.69) is 20.9 Å². The van der Waals surface area contributed by atoms with Crippen molar-refractivity contribution in [2.75, 3.05) is 31.1 Å². The fraction of sp³-hybridized carbons (Fsp3) is 0.579. The summed E-state index contributed by atoms with van der Waals surface area (Å²) in [5, 5.41) is 3.09. The van der Waals surface area contributed by atoms with Crippen LogP contribution in [0.3, 0.4) is 0 Å². The zero-order chi connectivity index (χ0) is 17.2. The maximum absolute atomic E-state index is 12.6. The van der Waals surface area contributed by atoms with Gasteiger partial charge in [-0.3, -0.25) is 4.79 Å². The van der Waals surface area contributed by atoms with E-state index in [1.807, 2.05) is 25.2 Å². The molecule has 2 saturated heterocycles. The van der Waals surface area contributed by atoms with E-state index >= 15 is 0 Å². The first-order valence-corrected chi connectivity index (χ1v) is 9.28. The van der Waals surface area contributed by atoms with Gasteiger partial charge in [-0.15, -0.1) is 0 Å². The first-order chi connectivity index (χ1) is 12.2. The molecule has 1 N–H and O–H groups in total. The third kappa shape index (κ3) is 3.35. The summed E-state index contributed by atoms with van der Waals surface area (Å²) in [5.41, 5.74) is 2.13. The molecule has 0 bridgehead atoms. The van der Waals surface area contributed by atoms with Gasteiger partial charge in [0, 0.05) is 33.3 Å². The molecule has 0 unspecified atom stereocenters. The molecule has 0 radical (unpaired) electrons. The number of carbonyl (C=O) groups is 1. The molecule has 134 valence electrons. The van der Waals surface area contributed by atoms with Gasteiger partial charge in [-0.05, 0) is 37.8 Å². The molecule has 0 saturated carbocycles. The normalized spacial score (nSPS) is 24.0. The standard InChI is InChI=1S/C19H26N4O2/c1-22-17-9-3-2-8-16(17)21-19(22)23-10-4-6-14(13-23)18(24)20-12-15-7-5-11-25-15/h2-3,8-9,14-15H,4-7,10-13H2,1H3,(H,20,24)/t14-,15-/m0/s1. The second-order valence-corrected chi connectivity index (χ2v) is 7.12. The number of benzene rings is 1. The number of aromatic nitrogens is 2. The van der Waals surface area contributed by atoms with Gasteiger partial charge < -0.3 is 19.5 Å². The number of ether oxygens (including phenoxy) is 1. The van der Waals surface area contributed by atoms with Crippen molar-refractivity contribution in [1.29, 1.82) is 0 Å². The predicted octanol–water partition coefficient (Wildman–Crippen LogP) is 2.08. The molecule has 4 rings (SSSR count). The third-order valence-corrected chi connectivity index (χ3v) is 5.37. The Morgan fingerprint density at radius 3 is 3.00 bits per heavy atom. The number of rotatable bonds is 4. The van der Waals surface area contributed by atoms with Crippen molar-refractivity contribution >= 4 is 22.9 Å². The van der Waals surface area contributed by atoms with Crippen LogP contribution in [0.4, 0.5) is 5.95 Å². The van der Waals surface area contributed by atoms with Crippen LogP contribution in [0.25, 0.3) is 11.0 Å². The number of amides is 1. The second kappa shape index (κ2) is 7.04. The highest BCUT2D eigenvalue weighted by molar-refractivity contribution is 5.81. The molecule has 2 fully saturated rings. The summed E-state index contributed by atoms with van der Waals surface area (Å²) in [6.45, 7) is 3.15. The predicted molar refractivity (Wildman–Crippen MR) is 97.6 cm³/mol. The van der Waals surface area contributed by atoms with Gasteiger partial charge in [0.1, 0.15) is 0 Å². The molecule has 6 heteroatoms. The number of anilines is 1. The van der Waals surface area contributed by atoms with Gasteiger partial charge >= 0.3 is 0 Å². The number of nitrogens with zero attached hydrogens (tertiary/aromatic N) is 3. The van der Waals surface area contributed by atoms with E-state index in [1.54, 1.807) is 0 Å². The zero-order valence-electron chi connectivity index (χ0n) is 14.8. The molecule has 25 heavy (non-hydrogen) atoms. The van der Waals surface area contributed by atoms with Crippen molar-refractivity contribution in [3.63, 3.8) is 0 Å². The Morgan fingerprint density at radius 1 is 1.32 bits per heavy atom. The van der Waals surface area contributed by atoms with Crippen molar-refractivity contribution in [1.82, 2.24) is 14.9 Å². The van der Waals surface area contributed by atoms with Crippen LogP contribution in [0.5, 0.6) is 0 Å². The first-order valence-electron chi connectivity index (χ1n) is 9.28. The number of imidazole rings is 1. The van der Waals surface area contributed by atoms with Crippen molar-refractivity contribution in [3.8, 4) is 0 Å². The molecule has 1 aromatic carbocycles. The van der Waals surface area contributed by atoms with E-state index in [0.29, 0.717) is 6.54 Å². The van der Waals surface area contributed by atoms with E-state index in [0.717, 1.165) is 62.4 Å². The summed E-state index contributed by atoms with van der Waals surface area (Å²) in [7, 11) is 2.05. The highest BCUT2D eigenvalue weighted by Crippen LogP contribution is 2.26. The molecule has 2 aliphatic heterocycles. The average Bonchev–Trinajstić information content (AvgIpc) is 3.28. The lowest BCUT2D eigenvalue weighted by Crippen LogP contribution is -2.45. The Balaban J connectivity index is 1.43. The van der Waals surface area contributed by atoms with E-state index < -0.39 is 0 Å². The smallest absolute Gasteiger partial charge is 0.224 e. The SMILES string of the molecule is Cn1c(N2CCC[C@H](C(=O)NC[C@@H]3CCCO3)C2)nc2ccccc21. The van der Waals surface area contributed by atoms with E-state index in [-0.39, 0.29) is 17.9 Å². The van der Waals surface area contributed by atoms with E-state index in [1.165, 1.54) is 0 Å². The number of carbonyl (C=O) groups excluding carboxylic acids is 1. The molecular weight excluding hydrogens is 316 g/mol. The molecule has 3 heterocycles. The van der Waals surface area contributed by atoms with Crippen LogP contribution in [-0.4, -0.2) is 47.8 Å².